The Balaban J connectivity index is 2.52. The van der Waals surface area contributed by atoms with Gasteiger partial charge in [0.1, 0.15) is 5.75 Å². The number of amides is 1. The lowest BCUT2D eigenvalue weighted by atomic mass is 10.3. The third kappa shape index (κ3) is 3.86. The quantitative estimate of drug-likeness (QED) is 0.790. The number of hydrogen-bond donors (Lipinski definition) is 2. The van der Waals surface area contributed by atoms with Crippen LogP contribution in [0.1, 0.15) is 13.3 Å². The highest BCUT2D eigenvalue weighted by Crippen LogP contribution is 2.14. The van der Waals surface area contributed by atoms with Crippen LogP contribution in [0.3, 0.4) is 0 Å². The number of carbonyl (C=O) groups excluding carboxylic acids is 1. The van der Waals surface area contributed by atoms with Gasteiger partial charge in [0, 0.05) is 12.1 Å². The standard InChI is InChI=1S/C11H14N2O2S/c1-3-10(14)13-11(16)12-8-4-6-9(15-2)7-5-8/h4-7H,3H2,1-2H3,(H2,12,13,14,16). The molecule has 0 heterocycles. The van der Waals surface area contributed by atoms with E-state index in [1.54, 1.807) is 14.0 Å². The van der Waals surface area contributed by atoms with Crippen LogP contribution in [0, 0.1) is 0 Å². The fourth-order valence-corrected chi connectivity index (χ4v) is 1.28. The van der Waals surface area contributed by atoms with Crippen LogP contribution in [0.2, 0.25) is 0 Å². The first-order valence-corrected chi connectivity index (χ1v) is 5.31. The summed E-state index contributed by atoms with van der Waals surface area (Å²) in [6.07, 6.45) is 0.407. The van der Waals surface area contributed by atoms with Crippen LogP contribution in [-0.2, 0) is 4.79 Å². The molecule has 0 bridgehead atoms. The van der Waals surface area contributed by atoms with Crippen LogP contribution in [0.5, 0.6) is 5.75 Å². The molecule has 0 spiro atoms. The number of ether oxygens (including phenoxy) is 1. The third-order valence-corrected chi connectivity index (χ3v) is 2.13. The molecule has 0 saturated heterocycles. The van der Waals surface area contributed by atoms with E-state index in [1.807, 2.05) is 24.3 Å². The molecular weight excluding hydrogens is 224 g/mol. The summed E-state index contributed by atoms with van der Waals surface area (Å²) < 4.78 is 5.03. The Hall–Kier alpha value is -1.62. The van der Waals surface area contributed by atoms with Crippen molar-refractivity contribution in [1.82, 2.24) is 5.32 Å². The molecule has 0 aromatic heterocycles. The monoisotopic (exact) mass is 238 g/mol. The zero-order valence-corrected chi connectivity index (χ0v) is 10.1. The van der Waals surface area contributed by atoms with E-state index < -0.39 is 0 Å². The van der Waals surface area contributed by atoms with Crippen molar-refractivity contribution in [2.75, 3.05) is 12.4 Å². The van der Waals surface area contributed by atoms with E-state index in [-0.39, 0.29) is 5.91 Å². The van der Waals surface area contributed by atoms with E-state index in [9.17, 15) is 4.79 Å². The summed E-state index contributed by atoms with van der Waals surface area (Å²) in [6.45, 7) is 1.77. The van der Waals surface area contributed by atoms with E-state index in [0.717, 1.165) is 11.4 Å². The second-order valence-electron chi connectivity index (χ2n) is 3.08. The van der Waals surface area contributed by atoms with Crippen LogP contribution in [0.4, 0.5) is 5.69 Å². The molecule has 0 aliphatic heterocycles. The summed E-state index contributed by atoms with van der Waals surface area (Å²) in [5, 5.41) is 5.76. The molecular formula is C11H14N2O2S. The Morgan fingerprint density at radius 3 is 2.50 bits per heavy atom. The first kappa shape index (κ1) is 12.4. The molecule has 2 N–H and O–H groups in total. The average Bonchev–Trinajstić information content (AvgIpc) is 2.29. The number of anilines is 1. The van der Waals surface area contributed by atoms with E-state index >= 15 is 0 Å². The highest BCUT2D eigenvalue weighted by atomic mass is 32.1. The number of carbonyl (C=O) groups is 1. The van der Waals surface area contributed by atoms with E-state index in [1.165, 1.54) is 0 Å². The molecule has 0 radical (unpaired) electrons. The molecule has 1 aromatic carbocycles. The normalized spacial score (nSPS) is 9.38. The largest absolute Gasteiger partial charge is 0.497 e. The van der Waals surface area contributed by atoms with E-state index in [2.05, 4.69) is 10.6 Å². The van der Waals surface area contributed by atoms with Gasteiger partial charge in [0.05, 0.1) is 7.11 Å². The van der Waals surface area contributed by atoms with Crippen LogP contribution >= 0.6 is 12.2 Å². The number of nitrogens with one attached hydrogen (secondary N) is 2. The Morgan fingerprint density at radius 1 is 1.38 bits per heavy atom. The van der Waals surface area contributed by atoms with Gasteiger partial charge in [-0.3, -0.25) is 4.79 Å². The highest BCUT2D eigenvalue weighted by Gasteiger charge is 2.01. The van der Waals surface area contributed by atoms with Crippen LogP contribution in [-0.4, -0.2) is 18.1 Å². The van der Waals surface area contributed by atoms with Crippen LogP contribution < -0.4 is 15.4 Å². The second-order valence-corrected chi connectivity index (χ2v) is 3.49. The van der Waals surface area contributed by atoms with Gasteiger partial charge < -0.3 is 15.4 Å². The van der Waals surface area contributed by atoms with Crippen molar-refractivity contribution in [3.63, 3.8) is 0 Å². The molecule has 0 saturated carbocycles. The van der Waals surface area contributed by atoms with E-state index in [0.29, 0.717) is 11.5 Å². The van der Waals surface area contributed by atoms with Gasteiger partial charge in [0.15, 0.2) is 5.11 Å². The minimum absolute atomic E-state index is 0.106. The van der Waals surface area contributed by atoms with Crippen molar-refractivity contribution in [1.29, 1.82) is 0 Å². The lowest BCUT2D eigenvalue weighted by molar-refractivity contribution is -0.119. The lowest BCUT2D eigenvalue weighted by Crippen LogP contribution is -2.33. The molecule has 0 fully saturated rings. The first-order valence-electron chi connectivity index (χ1n) is 4.90. The SMILES string of the molecule is CCC(=O)NC(=S)Nc1ccc(OC)cc1. The Bertz CT molecular complexity index is 376. The van der Waals surface area contributed by atoms with Crippen molar-refractivity contribution >= 4 is 28.9 Å². The maximum absolute atomic E-state index is 11.1. The molecule has 16 heavy (non-hydrogen) atoms. The number of methoxy groups -OCH3 is 1. The Labute approximate surface area is 100.0 Å². The molecule has 1 rings (SSSR count). The smallest absolute Gasteiger partial charge is 0.225 e. The number of benzene rings is 1. The van der Waals surface area contributed by atoms with Crippen molar-refractivity contribution in [2.45, 2.75) is 13.3 Å². The average molecular weight is 238 g/mol. The van der Waals surface area contributed by atoms with Gasteiger partial charge in [-0.05, 0) is 36.5 Å². The molecule has 86 valence electrons. The molecule has 5 heteroatoms. The zero-order valence-electron chi connectivity index (χ0n) is 9.24. The molecule has 1 aromatic rings. The molecule has 1 amide bonds. The molecule has 4 nitrogen and oxygen atoms in total. The molecule has 0 unspecified atom stereocenters. The maximum Gasteiger partial charge on any atom is 0.225 e. The lowest BCUT2D eigenvalue weighted by Gasteiger charge is -2.09. The van der Waals surface area contributed by atoms with Gasteiger partial charge in [-0.15, -0.1) is 0 Å². The fraction of sp³-hybridized carbons (Fsp3) is 0.273. The minimum Gasteiger partial charge on any atom is -0.497 e. The fourth-order valence-electron chi connectivity index (χ4n) is 1.05. The maximum atomic E-state index is 11.1. The van der Waals surface area contributed by atoms with Gasteiger partial charge in [-0.2, -0.15) is 0 Å². The topological polar surface area (TPSA) is 50.4 Å². The van der Waals surface area contributed by atoms with Crippen LogP contribution in [0.25, 0.3) is 0 Å². The van der Waals surface area contributed by atoms with Gasteiger partial charge in [0.2, 0.25) is 5.91 Å². The molecule has 0 aliphatic carbocycles. The Morgan fingerprint density at radius 2 is 2.00 bits per heavy atom. The van der Waals surface area contributed by atoms with E-state index in [4.69, 9.17) is 17.0 Å². The second kappa shape index (κ2) is 6.07. The molecule has 0 aliphatic rings. The van der Waals surface area contributed by atoms with Crippen LogP contribution in [0.15, 0.2) is 24.3 Å². The van der Waals surface area contributed by atoms with Crippen molar-refractivity contribution in [3.05, 3.63) is 24.3 Å². The van der Waals surface area contributed by atoms with Crippen molar-refractivity contribution in [3.8, 4) is 5.75 Å². The summed E-state index contributed by atoms with van der Waals surface area (Å²) >= 11 is 4.97. The Kier molecular flexibility index (Phi) is 4.72. The van der Waals surface area contributed by atoms with Crippen molar-refractivity contribution in [2.24, 2.45) is 0 Å². The van der Waals surface area contributed by atoms with Gasteiger partial charge in [-0.25, -0.2) is 0 Å². The zero-order chi connectivity index (χ0) is 12.0. The summed E-state index contributed by atoms with van der Waals surface area (Å²) in [6, 6.07) is 7.27. The van der Waals surface area contributed by atoms with Gasteiger partial charge in [-0.1, -0.05) is 6.92 Å². The summed E-state index contributed by atoms with van der Waals surface area (Å²) in [7, 11) is 1.61. The number of hydrogen-bond acceptors (Lipinski definition) is 3. The molecule has 0 atom stereocenters. The summed E-state index contributed by atoms with van der Waals surface area (Å²) in [5.41, 5.74) is 0.808. The first-order chi connectivity index (χ1) is 7.65. The predicted octanol–water partition coefficient (Wildman–Crippen LogP) is 1.92. The minimum atomic E-state index is -0.106. The number of rotatable bonds is 3. The van der Waals surface area contributed by atoms with Crippen molar-refractivity contribution < 1.29 is 9.53 Å². The van der Waals surface area contributed by atoms with Gasteiger partial charge >= 0.3 is 0 Å². The van der Waals surface area contributed by atoms with Gasteiger partial charge in [0.25, 0.3) is 0 Å². The predicted molar refractivity (Wildman–Crippen MR) is 67.6 cm³/mol. The highest BCUT2D eigenvalue weighted by molar-refractivity contribution is 7.80. The number of thiocarbonyl (C=S) groups is 1. The summed E-state index contributed by atoms with van der Waals surface area (Å²) in [4.78, 5) is 11.1. The third-order valence-electron chi connectivity index (χ3n) is 1.92. The summed E-state index contributed by atoms with van der Waals surface area (Å²) in [5.74, 6) is 0.667.